The number of hydrogen-bond acceptors (Lipinski definition) is 2. The molecule has 0 aliphatic heterocycles. The number of halogens is 1. The van der Waals surface area contributed by atoms with Gasteiger partial charge in [0.2, 0.25) is 0 Å². The van der Waals surface area contributed by atoms with Gasteiger partial charge in [-0.25, -0.2) is 0 Å². The highest BCUT2D eigenvalue weighted by atomic mass is 35.5. The van der Waals surface area contributed by atoms with Crippen LogP contribution < -0.4 is 5.32 Å². The van der Waals surface area contributed by atoms with Gasteiger partial charge in [0.1, 0.15) is 12.0 Å². The molecular weight excluding hydrogens is 214 g/mol. The lowest BCUT2D eigenvalue weighted by molar-refractivity contribution is 0.0947. The normalized spacial score (nSPS) is 12.5. The van der Waals surface area contributed by atoms with Crippen molar-refractivity contribution in [3.8, 4) is 0 Å². The lowest BCUT2D eigenvalue weighted by atomic mass is 10.1. The summed E-state index contributed by atoms with van der Waals surface area (Å²) in [5.41, 5.74) is 0.575. The molecule has 1 amide bonds. The van der Waals surface area contributed by atoms with Gasteiger partial charge >= 0.3 is 0 Å². The molecule has 84 valence electrons. The summed E-state index contributed by atoms with van der Waals surface area (Å²) in [7, 11) is 0. The zero-order chi connectivity index (χ0) is 11.3. The number of carbonyl (C=O) groups excluding carboxylic acids is 1. The number of hydrogen-bond donors (Lipinski definition) is 1. The van der Waals surface area contributed by atoms with Crippen LogP contribution >= 0.6 is 11.6 Å². The molecule has 0 spiro atoms. The van der Waals surface area contributed by atoms with Crippen molar-refractivity contribution in [1.29, 1.82) is 0 Å². The molecule has 15 heavy (non-hydrogen) atoms. The van der Waals surface area contributed by atoms with Gasteiger partial charge in [0.15, 0.2) is 0 Å². The van der Waals surface area contributed by atoms with E-state index in [1.807, 2.05) is 6.92 Å². The third-order valence-electron chi connectivity index (χ3n) is 2.21. The molecule has 0 saturated heterocycles. The smallest absolute Gasteiger partial charge is 0.254 e. The number of amides is 1. The van der Waals surface area contributed by atoms with Gasteiger partial charge in [-0.3, -0.25) is 4.79 Å². The van der Waals surface area contributed by atoms with Crippen molar-refractivity contribution in [3.05, 3.63) is 23.7 Å². The highest BCUT2D eigenvalue weighted by Gasteiger charge is 2.09. The Hall–Kier alpha value is -0.960. The number of rotatable bonds is 5. The Morgan fingerprint density at radius 3 is 2.93 bits per heavy atom. The second-order valence-corrected chi connectivity index (χ2v) is 4.12. The third kappa shape index (κ3) is 3.96. The topological polar surface area (TPSA) is 42.2 Å². The van der Waals surface area contributed by atoms with Crippen LogP contribution in [-0.2, 0) is 0 Å². The minimum absolute atomic E-state index is 0.0896. The number of furan rings is 1. The number of alkyl halides is 1. The molecule has 0 aromatic carbocycles. The molecular formula is C11H16ClNO2. The highest BCUT2D eigenvalue weighted by Crippen LogP contribution is 2.07. The van der Waals surface area contributed by atoms with Crippen molar-refractivity contribution in [1.82, 2.24) is 5.32 Å². The summed E-state index contributed by atoms with van der Waals surface area (Å²) >= 11 is 5.60. The van der Waals surface area contributed by atoms with Gasteiger partial charge in [-0.05, 0) is 25.3 Å². The summed E-state index contributed by atoms with van der Waals surface area (Å²) < 4.78 is 5.06. The Balaban J connectivity index is 2.36. The van der Waals surface area contributed by atoms with Gasteiger partial charge in [-0.15, -0.1) is 11.6 Å². The lowest BCUT2D eigenvalue weighted by Crippen LogP contribution is -2.28. The van der Waals surface area contributed by atoms with Crippen molar-refractivity contribution in [2.24, 2.45) is 5.92 Å². The van der Waals surface area contributed by atoms with Crippen LogP contribution in [0.15, 0.2) is 16.7 Å². The van der Waals surface area contributed by atoms with Crippen molar-refractivity contribution in [2.75, 3.05) is 12.4 Å². The van der Waals surface area contributed by atoms with E-state index in [0.29, 0.717) is 23.9 Å². The van der Waals surface area contributed by atoms with Gasteiger partial charge in [0.25, 0.3) is 5.91 Å². The summed E-state index contributed by atoms with van der Waals surface area (Å²) in [6.07, 6.45) is 2.38. The van der Waals surface area contributed by atoms with E-state index in [1.165, 1.54) is 6.26 Å². The van der Waals surface area contributed by atoms with Crippen molar-refractivity contribution in [3.63, 3.8) is 0 Å². The molecule has 1 aromatic rings. The Labute approximate surface area is 94.8 Å². The second-order valence-electron chi connectivity index (χ2n) is 3.74. The maximum absolute atomic E-state index is 11.6. The van der Waals surface area contributed by atoms with E-state index in [9.17, 15) is 4.79 Å². The first-order valence-electron chi connectivity index (χ1n) is 5.02. The predicted octanol–water partition coefficient (Wildman–Crippen LogP) is 2.58. The van der Waals surface area contributed by atoms with E-state index in [-0.39, 0.29) is 5.91 Å². The van der Waals surface area contributed by atoms with Gasteiger partial charge < -0.3 is 9.73 Å². The van der Waals surface area contributed by atoms with Crippen LogP contribution in [0, 0.1) is 12.8 Å². The van der Waals surface area contributed by atoms with Crippen molar-refractivity contribution < 1.29 is 9.21 Å². The van der Waals surface area contributed by atoms with E-state index < -0.39 is 0 Å². The molecule has 0 fully saturated rings. The van der Waals surface area contributed by atoms with Crippen LogP contribution in [0.4, 0.5) is 0 Å². The number of nitrogens with one attached hydrogen (secondary N) is 1. The van der Waals surface area contributed by atoms with Gasteiger partial charge in [0, 0.05) is 12.4 Å². The van der Waals surface area contributed by atoms with E-state index >= 15 is 0 Å². The van der Waals surface area contributed by atoms with Crippen LogP contribution in [0.3, 0.4) is 0 Å². The molecule has 3 nitrogen and oxygen atoms in total. The Morgan fingerprint density at radius 1 is 1.67 bits per heavy atom. The fourth-order valence-corrected chi connectivity index (χ4v) is 1.59. The SMILES string of the molecule is Cc1cc(C(=O)NCC(C)CCCl)co1. The summed E-state index contributed by atoms with van der Waals surface area (Å²) in [4.78, 5) is 11.6. The summed E-state index contributed by atoms with van der Waals surface area (Å²) in [5.74, 6) is 1.68. The third-order valence-corrected chi connectivity index (χ3v) is 2.42. The maximum Gasteiger partial charge on any atom is 0.254 e. The molecule has 4 heteroatoms. The quantitative estimate of drug-likeness (QED) is 0.789. The summed E-state index contributed by atoms with van der Waals surface area (Å²) in [6.45, 7) is 4.52. The van der Waals surface area contributed by atoms with Crippen molar-refractivity contribution in [2.45, 2.75) is 20.3 Å². The van der Waals surface area contributed by atoms with E-state index in [1.54, 1.807) is 6.07 Å². The summed E-state index contributed by atoms with van der Waals surface area (Å²) in [6, 6.07) is 1.72. The summed E-state index contributed by atoms with van der Waals surface area (Å²) in [5, 5.41) is 2.84. The van der Waals surface area contributed by atoms with Gasteiger partial charge in [-0.1, -0.05) is 6.92 Å². The first-order chi connectivity index (χ1) is 7.13. The predicted molar refractivity (Wildman–Crippen MR) is 60.3 cm³/mol. The largest absolute Gasteiger partial charge is 0.469 e. The average Bonchev–Trinajstić information content (AvgIpc) is 2.62. The van der Waals surface area contributed by atoms with E-state index in [2.05, 4.69) is 12.2 Å². The van der Waals surface area contributed by atoms with Crippen molar-refractivity contribution >= 4 is 17.5 Å². The maximum atomic E-state index is 11.6. The van der Waals surface area contributed by atoms with Gasteiger partial charge in [0.05, 0.1) is 5.56 Å². The minimum Gasteiger partial charge on any atom is -0.469 e. The Bertz CT molecular complexity index is 322. The van der Waals surface area contributed by atoms with Crippen LogP contribution in [-0.4, -0.2) is 18.3 Å². The second kappa shape index (κ2) is 5.81. The molecule has 0 aliphatic rings. The fourth-order valence-electron chi connectivity index (χ4n) is 1.22. The molecule has 0 radical (unpaired) electrons. The number of carbonyl (C=O) groups is 1. The van der Waals surface area contributed by atoms with E-state index in [0.717, 1.165) is 12.2 Å². The van der Waals surface area contributed by atoms with Gasteiger partial charge in [-0.2, -0.15) is 0 Å². The lowest BCUT2D eigenvalue weighted by Gasteiger charge is -2.09. The molecule has 1 aromatic heterocycles. The fraction of sp³-hybridized carbons (Fsp3) is 0.545. The number of aryl methyl sites for hydroxylation is 1. The monoisotopic (exact) mass is 229 g/mol. The average molecular weight is 230 g/mol. The Morgan fingerprint density at radius 2 is 2.40 bits per heavy atom. The zero-order valence-corrected chi connectivity index (χ0v) is 9.80. The van der Waals surface area contributed by atoms with Crippen LogP contribution in [0.25, 0.3) is 0 Å². The standard InChI is InChI=1S/C11H16ClNO2/c1-8(3-4-12)6-13-11(14)10-5-9(2)15-7-10/h5,7-8H,3-4,6H2,1-2H3,(H,13,14). The first-order valence-corrected chi connectivity index (χ1v) is 5.56. The van der Waals surface area contributed by atoms with Crippen LogP contribution in [0.1, 0.15) is 29.5 Å². The molecule has 1 unspecified atom stereocenters. The molecule has 0 bridgehead atoms. The minimum atomic E-state index is -0.0896. The highest BCUT2D eigenvalue weighted by molar-refractivity contribution is 6.17. The van der Waals surface area contributed by atoms with E-state index in [4.69, 9.17) is 16.0 Å². The zero-order valence-electron chi connectivity index (χ0n) is 9.05. The molecule has 1 N–H and O–H groups in total. The Kier molecular flexibility index (Phi) is 4.69. The molecule has 1 atom stereocenters. The first kappa shape index (κ1) is 12.1. The molecule has 0 saturated carbocycles. The van der Waals surface area contributed by atoms with Crippen LogP contribution in [0.5, 0.6) is 0 Å². The molecule has 1 rings (SSSR count). The molecule has 1 heterocycles. The molecule has 0 aliphatic carbocycles. The van der Waals surface area contributed by atoms with Crippen LogP contribution in [0.2, 0.25) is 0 Å².